The molecule has 1 aliphatic carbocycles. The lowest BCUT2D eigenvalue weighted by molar-refractivity contribution is -0.134. The van der Waals surface area contributed by atoms with Gasteiger partial charge in [0.25, 0.3) is 0 Å². The molecule has 1 aliphatic rings. The van der Waals surface area contributed by atoms with Gasteiger partial charge in [-0.1, -0.05) is 13.8 Å². The Labute approximate surface area is 109 Å². The Morgan fingerprint density at radius 2 is 2.12 bits per heavy atom. The predicted molar refractivity (Wildman–Crippen MR) is 70.3 cm³/mol. The van der Waals surface area contributed by atoms with Crippen LogP contribution < -0.4 is 5.32 Å². The first-order valence-electron chi connectivity index (χ1n) is 6.42. The summed E-state index contributed by atoms with van der Waals surface area (Å²) in [6.07, 6.45) is 4.54. The maximum atomic E-state index is 11.9. The minimum absolute atomic E-state index is 0.0675. The molecule has 0 spiro atoms. The Morgan fingerprint density at radius 1 is 1.47 bits per heavy atom. The lowest BCUT2D eigenvalue weighted by Gasteiger charge is -2.40. The molecule has 4 heteroatoms. The highest BCUT2D eigenvalue weighted by atomic mass is 35.5. The fraction of sp³-hybridized carbons (Fsp3) is 0.923. The third-order valence-electron chi connectivity index (χ3n) is 3.49. The van der Waals surface area contributed by atoms with Crippen molar-refractivity contribution in [2.45, 2.75) is 57.6 Å². The molecule has 100 valence electrons. The number of alkyl halides is 1. The fourth-order valence-corrected chi connectivity index (χ4v) is 2.53. The molecule has 0 aromatic heterocycles. The quantitative estimate of drug-likeness (QED) is 0.716. The maximum absolute atomic E-state index is 11.9. The van der Waals surface area contributed by atoms with Crippen molar-refractivity contribution in [3.8, 4) is 0 Å². The van der Waals surface area contributed by atoms with E-state index in [0.717, 1.165) is 25.7 Å². The summed E-state index contributed by atoms with van der Waals surface area (Å²) in [5.41, 5.74) is -0.196. The van der Waals surface area contributed by atoms with E-state index in [-0.39, 0.29) is 17.6 Å². The van der Waals surface area contributed by atoms with Gasteiger partial charge >= 0.3 is 0 Å². The van der Waals surface area contributed by atoms with Crippen molar-refractivity contribution in [1.29, 1.82) is 0 Å². The molecule has 3 nitrogen and oxygen atoms in total. The molecule has 1 N–H and O–H groups in total. The molecule has 1 rings (SSSR count). The van der Waals surface area contributed by atoms with E-state index in [1.165, 1.54) is 0 Å². The average Bonchev–Trinajstić information content (AvgIpc) is 2.21. The van der Waals surface area contributed by atoms with E-state index in [0.29, 0.717) is 18.2 Å². The van der Waals surface area contributed by atoms with Crippen LogP contribution in [0.5, 0.6) is 0 Å². The second kappa shape index (κ2) is 6.60. The monoisotopic (exact) mass is 261 g/mol. The van der Waals surface area contributed by atoms with Crippen molar-refractivity contribution in [1.82, 2.24) is 5.32 Å². The van der Waals surface area contributed by atoms with Gasteiger partial charge in [-0.25, -0.2) is 0 Å². The van der Waals surface area contributed by atoms with Crippen molar-refractivity contribution in [2.24, 2.45) is 5.92 Å². The van der Waals surface area contributed by atoms with Crippen molar-refractivity contribution in [3.63, 3.8) is 0 Å². The summed E-state index contributed by atoms with van der Waals surface area (Å²) in [6, 6.07) is 0.0816. The van der Waals surface area contributed by atoms with Gasteiger partial charge in [-0.2, -0.15) is 0 Å². The van der Waals surface area contributed by atoms with Gasteiger partial charge in [-0.05, 0) is 31.6 Å². The van der Waals surface area contributed by atoms with E-state index in [2.05, 4.69) is 19.2 Å². The third kappa shape index (κ3) is 4.47. The van der Waals surface area contributed by atoms with Gasteiger partial charge in [0, 0.05) is 19.0 Å². The molecule has 0 radical (unpaired) electrons. The van der Waals surface area contributed by atoms with Crippen LogP contribution in [0.4, 0.5) is 0 Å². The fourth-order valence-electron chi connectivity index (χ4n) is 2.33. The summed E-state index contributed by atoms with van der Waals surface area (Å²) < 4.78 is 5.45. The second-order valence-corrected chi connectivity index (χ2v) is 5.77. The molecule has 1 unspecified atom stereocenters. The normalized spacial score (nSPS) is 19.8. The van der Waals surface area contributed by atoms with E-state index >= 15 is 0 Å². The van der Waals surface area contributed by atoms with Crippen LogP contribution in [0, 0.1) is 5.92 Å². The maximum Gasteiger partial charge on any atom is 0.223 e. The van der Waals surface area contributed by atoms with Gasteiger partial charge in [0.2, 0.25) is 5.91 Å². The molecule has 1 fully saturated rings. The number of ether oxygens (including phenoxy) is 1. The predicted octanol–water partition coefficient (Wildman–Crippen LogP) is 2.72. The Morgan fingerprint density at radius 3 is 2.47 bits per heavy atom. The third-order valence-corrected chi connectivity index (χ3v) is 3.86. The number of hydrogen-bond acceptors (Lipinski definition) is 2. The Kier molecular flexibility index (Phi) is 5.74. The van der Waals surface area contributed by atoms with Crippen LogP contribution in [-0.2, 0) is 9.53 Å². The summed E-state index contributed by atoms with van der Waals surface area (Å²) in [7, 11) is 1.69. The van der Waals surface area contributed by atoms with Crippen LogP contribution in [0.1, 0.15) is 46.0 Å². The van der Waals surface area contributed by atoms with E-state index in [9.17, 15) is 4.79 Å². The first-order valence-corrected chi connectivity index (χ1v) is 6.95. The van der Waals surface area contributed by atoms with Gasteiger partial charge in [0.1, 0.15) is 0 Å². The zero-order chi connectivity index (χ0) is 12.9. The van der Waals surface area contributed by atoms with Crippen LogP contribution in [0.2, 0.25) is 0 Å². The molecular formula is C13H24ClNO2. The first-order chi connectivity index (χ1) is 8.01. The largest absolute Gasteiger partial charge is 0.378 e. The highest BCUT2D eigenvalue weighted by Gasteiger charge is 2.39. The van der Waals surface area contributed by atoms with Gasteiger partial charge in [0.15, 0.2) is 0 Å². The smallest absolute Gasteiger partial charge is 0.223 e. The van der Waals surface area contributed by atoms with Crippen molar-refractivity contribution in [3.05, 3.63) is 0 Å². The van der Waals surface area contributed by atoms with E-state index in [4.69, 9.17) is 16.3 Å². The van der Waals surface area contributed by atoms with Gasteiger partial charge in [-0.3, -0.25) is 4.79 Å². The molecule has 0 saturated heterocycles. The minimum atomic E-state index is -0.196. The molecule has 0 bridgehead atoms. The van der Waals surface area contributed by atoms with Crippen molar-refractivity contribution >= 4 is 17.5 Å². The van der Waals surface area contributed by atoms with Crippen LogP contribution in [-0.4, -0.2) is 30.5 Å². The van der Waals surface area contributed by atoms with Gasteiger partial charge in [0.05, 0.1) is 12.0 Å². The number of methoxy groups -OCH3 is 1. The summed E-state index contributed by atoms with van der Waals surface area (Å²) in [4.78, 5) is 11.9. The van der Waals surface area contributed by atoms with E-state index in [1.54, 1.807) is 7.11 Å². The van der Waals surface area contributed by atoms with Crippen LogP contribution >= 0.6 is 11.6 Å². The number of amides is 1. The Balaban J connectivity index is 2.36. The van der Waals surface area contributed by atoms with Crippen LogP contribution in [0.15, 0.2) is 0 Å². The van der Waals surface area contributed by atoms with Crippen LogP contribution in [0.25, 0.3) is 0 Å². The van der Waals surface area contributed by atoms with Crippen LogP contribution in [0.3, 0.4) is 0 Å². The molecule has 0 aromatic rings. The van der Waals surface area contributed by atoms with E-state index < -0.39 is 0 Å². The topological polar surface area (TPSA) is 38.3 Å². The van der Waals surface area contributed by atoms with Crippen molar-refractivity contribution < 1.29 is 9.53 Å². The highest BCUT2D eigenvalue weighted by Crippen LogP contribution is 2.37. The molecule has 0 aliphatic heterocycles. The number of nitrogens with one attached hydrogen (secondary N) is 1. The van der Waals surface area contributed by atoms with Gasteiger partial charge in [-0.15, -0.1) is 11.6 Å². The van der Waals surface area contributed by atoms with E-state index in [1.807, 2.05) is 0 Å². The molecule has 1 atom stereocenters. The van der Waals surface area contributed by atoms with Crippen molar-refractivity contribution in [2.75, 3.05) is 13.0 Å². The minimum Gasteiger partial charge on any atom is -0.378 e. The molecular weight excluding hydrogens is 238 g/mol. The standard InChI is InChI=1S/C13H24ClNO2/c1-10(2)7-11(9-14)15-12(16)8-13(17-3)5-4-6-13/h10-11H,4-9H2,1-3H3,(H,15,16). The summed E-state index contributed by atoms with van der Waals surface area (Å²) in [5.74, 6) is 1.08. The molecule has 1 saturated carbocycles. The molecule has 1 amide bonds. The molecule has 0 aromatic carbocycles. The second-order valence-electron chi connectivity index (χ2n) is 5.47. The lowest BCUT2D eigenvalue weighted by Crippen LogP contribution is -2.46. The summed E-state index contributed by atoms with van der Waals surface area (Å²) >= 11 is 5.86. The summed E-state index contributed by atoms with van der Waals surface area (Å²) in [6.45, 7) is 4.27. The SMILES string of the molecule is COC1(CC(=O)NC(CCl)CC(C)C)CCC1. The summed E-state index contributed by atoms with van der Waals surface area (Å²) in [5, 5.41) is 3.01. The zero-order valence-electron chi connectivity index (χ0n) is 11.1. The molecule has 17 heavy (non-hydrogen) atoms. The first kappa shape index (κ1) is 14.8. The number of rotatable bonds is 7. The number of hydrogen-bond donors (Lipinski definition) is 1. The average molecular weight is 262 g/mol. The Bertz CT molecular complexity index is 246. The van der Waals surface area contributed by atoms with Gasteiger partial charge < -0.3 is 10.1 Å². The zero-order valence-corrected chi connectivity index (χ0v) is 11.8. The number of carbonyl (C=O) groups is 1. The highest BCUT2D eigenvalue weighted by molar-refractivity contribution is 6.18. The molecule has 0 heterocycles. The lowest BCUT2D eigenvalue weighted by atomic mass is 9.77. The Hall–Kier alpha value is -0.280. The number of halogens is 1. The number of carbonyl (C=O) groups excluding carboxylic acids is 1.